The van der Waals surface area contributed by atoms with Crippen molar-refractivity contribution in [3.63, 3.8) is 0 Å². The third-order valence-electron chi connectivity index (χ3n) is 2.30. The molecule has 1 N–H and O–H groups in total. The van der Waals surface area contributed by atoms with Crippen LogP contribution in [0.5, 0.6) is 0 Å². The molecule has 1 aromatic rings. The Kier molecular flexibility index (Phi) is 2.56. The Morgan fingerprint density at radius 3 is 2.94 bits per heavy atom. The van der Waals surface area contributed by atoms with Gasteiger partial charge in [-0.15, -0.1) is 0 Å². The molecule has 16 heavy (non-hydrogen) atoms. The van der Waals surface area contributed by atoms with Crippen LogP contribution in [0.15, 0.2) is 29.4 Å². The lowest BCUT2D eigenvalue weighted by molar-refractivity contribution is -0.148. The zero-order valence-corrected chi connectivity index (χ0v) is 8.25. The van der Waals surface area contributed by atoms with Gasteiger partial charge in [-0.25, -0.2) is 4.79 Å². The molecule has 0 aromatic heterocycles. The van der Waals surface area contributed by atoms with Crippen LogP contribution in [0, 0.1) is 11.3 Å². The van der Waals surface area contributed by atoms with E-state index in [1.54, 1.807) is 24.3 Å². The summed E-state index contributed by atoms with van der Waals surface area (Å²) < 4.78 is 0. The number of hydrogen-bond donors (Lipinski definition) is 1. The summed E-state index contributed by atoms with van der Waals surface area (Å²) in [5.74, 6) is -1.05. The Morgan fingerprint density at radius 2 is 2.31 bits per heavy atom. The third kappa shape index (κ3) is 1.73. The predicted molar refractivity (Wildman–Crippen MR) is 54.8 cm³/mol. The highest BCUT2D eigenvalue weighted by Crippen LogP contribution is 2.19. The van der Waals surface area contributed by atoms with Gasteiger partial charge in [-0.3, -0.25) is 0 Å². The maximum atomic E-state index is 10.7. The van der Waals surface area contributed by atoms with Crippen LogP contribution in [0.1, 0.15) is 17.5 Å². The number of carboxylic acids is 1. The van der Waals surface area contributed by atoms with Gasteiger partial charge >= 0.3 is 5.97 Å². The average Bonchev–Trinajstić information content (AvgIpc) is 2.78. The van der Waals surface area contributed by atoms with E-state index in [9.17, 15) is 4.79 Å². The molecule has 1 heterocycles. The zero-order chi connectivity index (χ0) is 11.5. The molecular weight excluding hydrogens is 208 g/mol. The van der Waals surface area contributed by atoms with Gasteiger partial charge in [0.15, 0.2) is 0 Å². The van der Waals surface area contributed by atoms with Gasteiger partial charge in [-0.1, -0.05) is 23.4 Å². The Bertz CT molecular complexity index is 502. The van der Waals surface area contributed by atoms with Crippen LogP contribution < -0.4 is 0 Å². The van der Waals surface area contributed by atoms with E-state index in [1.807, 2.05) is 6.07 Å². The first-order valence-electron chi connectivity index (χ1n) is 4.67. The molecule has 0 saturated carbocycles. The summed E-state index contributed by atoms with van der Waals surface area (Å²) in [5.41, 5.74) is 1.61. The maximum Gasteiger partial charge on any atom is 0.348 e. The van der Waals surface area contributed by atoms with Crippen LogP contribution in [0.4, 0.5) is 0 Å². The van der Waals surface area contributed by atoms with Crippen molar-refractivity contribution in [1.82, 2.24) is 0 Å². The summed E-state index contributed by atoms with van der Waals surface area (Å²) in [5, 5.41) is 21.3. The van der Waals surface area contributed by atoms with Crippen molar-refractivity contribution < 1.29 is 14.7 Å². The van der Waals surface area contributed by atoms with E-state index in [1.165, 1.54) is 0 Å². The minimum atomic E-state index is -1.05. The van der Waals surface area contributed by atoms with E-state index >= 15 is 0 Å². The van der Waals surface area contributed by atoms with Crippen LogP contribution in [-0.2, 0) is 9.63 Å². The number of nitriles is 1. The topological polar surface area (TPSA) is 82.7 Å². The Labute approximate surface area is 91.6 Å². The molecule has 1 unspecified atom stereocenters. The van der Waals surface area contributed by atoms with Gasteiger partial charge in [-0.05, 0) is 6.07 Å². The van der Waals surface area contributed by atoms with Crippen molar-refractivity contribution in [1.29, 1.82) is 5.26 Å². The summed E-state index contributed by atoms with van der Waals surface area (Å²) in [6.45, 7) is 0. The standard InChI is InChI=1S/C11H8N2O3/c12-6-7-3-1-2-4-8(7)9-5-10(11(14)15)16-13-9/h1-4,10H,5H2,(H,14,15). The molecule has 0 spiro atoms. The molecule has 0 fully saturated rings. The summed E-state index contributed by atoms with van der Waals surface area (Å²) in [7, 11) is 0. The number of oxime groups is 1. The first-order valence-corrected chi connectivity index (χ1v) is 4.67. The SMILES string of the molecule is N#Cc1ccccc1C1=NOC(C(=O)O)C1. The van der Waals surface area contributed by atoms with Gasteiger partial charge in [0.2, 0.25) is 6.10 Å². The molecule has 0 aliphatic carbocycles. The summed E-state index contributed by atoms with van der Waals surface area (Å²) in [4.78, 5) is 15.4. The van der Waals surface area contributed by atoms with Crippen LogP contribution >= 0.6 is 0 Å². The van der Waals surface area contributed by atoms with Crippen molar-refractivity contribution >= 4 is 11.7 Å². The van der Waals surface area contributed by atoms with Crippen molar-refractivity contribution in [2.45, 2.75) is 12.5 Å². The highest BCUT2D eigenvalue weighted by molar-refractivity contribution is 6.05. The van der Waals surface area contributed by atoms with Crippen LogP contribution in [-0.4, -0.2) is 22.9 Å². The van der Waals surface area contributed by atoms with Crippen molar-refractivity contribution in [2.75, 3.05) is 0 Å². The monoisotopic (exact) mass is 216 g/mol. The lowest BCUT2D eigenvalue weighted by Gasteiger charge is -2.01. The molecule has 1 aliphatic rings. The molecule has 0 saturated heterocycles. The highest BCUT2D eigenvalue weighted by atomic mass is 16.7. The summed E-state index contributed by atoms with van der Waals surface area (Å²) in [6.07, 6.45) is -0.754. The molecule has 5 nitrogen and oxygen atoms in total. The Balaban J connectivity index is 2.28. The summed E-state index contributed by atoms with van der Waals surface area (Å²) >= 11 is 0. The van der Waals surface area contributed by atoms with Crippen LogP contribution in [0.2, 0.25) is 0 Å². The van der Waals surface area contributed by atoms with Gasteiger partial charge < -0.3 is 9.94 Å². The normalized spacial score (nSPS) is 18.4. The largest absolute Gasteiger partial charge is 0.478 e. The average molecular weight is 216 g/mol. The van der Waals surface area contributed by atoms with Gasteiger partial charge in [0, 0.05) is 12.0 Å². The van der Waals surface area contributed by atoms with Gasteiger partial charge in [0.1, 0.15) is 0 Å². The number of aliphatic carboxylic acids is 1. The first-order chi connectivity index (χ1) is 7.72. The van der Waals surface area contributed by atoms with E-state index in [0.717, 1.165) is 0 Å². The van der Waals surface area contributed by atoms with Crippen molar-refractivity contribution in [2.24, 2.45) is 5.16 Å². The molecule has 80 valence electrons. The molecule has 1 aromatic carbocycles. The summed E-state index contributed by atoms with van der Waals surface area (Å²) in [6, 6.07) is 8.93. The number of benzene rings is 1. The molecular formula is C11H8N2O3. The second kappa shape index (κ2) is 4.03. The number of hydrogen-bond acceptors (Lipinski definition) is 4. The van der Waals surface area contributed by atoms with E-state index in [4.69, 9.17) is 15.2 Å². The molecule has 5 heteroatoms. The zero-order valence-electron chi connectivity index (χ0n) is 8.25. The fraction of sp³-hybridized carbons (Fsp3) is 0.182. The van der Waals surface area contributed by atoms with Crippen LogP contribution in [0.3, 0.4) is 0 Å². The van der Waals surface area contributed by atoms with Gasteiger partial charge in [-0.2, -0.15) is 5.26 Å². The van der Waals surface area contributed by atoms with Gasteiger partial charge in [0.05, 0.1) is 17.3 Å². The predicted octanol–water partition coefficient (Wildman–Crippen LogP) is 1.14. The quantitative estimate of drug-likeness (QED) is 0.803. The smallest absolute Gasteiger partial charge is 0.348 e. The van der Waals surface area contributed by atoms with E-state index in [2.05, 4.69) is 5.16 Å². The number of rotatable bonds is 2. The molecule has 1 atom stereocenters. The first kappa shape index (κ1) is 10.2. The minimum absolute atomic E-state index is 0.189. The number of carboxylic acid groups (broad SMARTS) is 1. The van der Waals surface area contributed by atoms with E-state index < -0.39 is 12.1 Å². The molecule has 0 radical (unpaired) electrons. The Hall–Kier alpha value is -2.35. The molecule has 0 bridgehead atoms. The number of carbonyl (C=O) groups is 1. The lowest BCUT2D eigenvalue weighted by atomic mass is 10.0. The lowest BCUT2D eigenvalue weighted by Crippen LogP contribution is -2.20. The Morgan fingerprint density at radius 1 is 1.56 bits per heavy atom. The van der Waals surface area contributed by atoms with Crippen molar-refractivity contribution in [3.05, 3.63) is 35.4 Å². The maximum absolute atomic E-state index is 10.7. The van der Waals surface area contributed by atoms with Crippen molar-refractivity contribution in [3.8, 4) is 6.07 Å². The molecule has 2 rings (SSSR count). The second-order valence-electron chi connectivity index (χ2n) is 3.33. The number of nitrogens with zero attached hydrogens (tertiary/aromatic N) is 2. The minimum Gasteiger partial charge on any atom is -0.478 e. The van der Waals surface area contributed by atoms with Gasteiger partial charge in [0.25, 0.3) is 0 Å². The third-order valence-corrected chi connectivity index (χ3v) is 2.30. The van der Waals surface area contributed by atoms with E-state index in [0.29, 0.717) is 16.8 Å². The fourth-order valence-electron chi connectivity index (χ4n) is 1.50. The molecule has 0 amide bonds. The fourth-order valence-corrected chi connectivity index (χ4v) is 1.50. The molecule has 1 aliphatic heterocycles. The highest BCUT2D eigenvalue weighted by Gasteiger charge is 2.29. The van der Waals surface area contributed by atoms with E-state index in [-0.39, 0.29) is 6.42 Å². The second-order valence-corrected chi connectivity index (χ2v) is 3.33. The van der Waals surface area contributed by atoms with Crippen LogP contribution in [0.25, 0.3) is 0 Å².